The van der Waals surface area contributed by atoms with E-state index in [-0.39, 0.29) is 29.3 Å². The van der Waals surface area contributed by atoms with E-state index < -0.39 is 11.7 Å². The number of primary amides is 1. The molecule has 1 saturated carbocycles. The Balaban J connectivity index is 1.68. The summed E-state index contributed by atoms with van der Waals surface area (Å²) in [6.45, 7) is 4.74. The second kappa shape index (κ2) is 8.50. The van der Waals surface area contributed by atoms with Crippen LogP contribution >= 0.6 is 0 Å². The highest BCUT2D eigenvalue weighted by molar-refractivity contribution is 5.99. The van der Waals surface area contributed by atoms with E-state index in [1.807, 2.05) is 36.7 Å². The Morgan fingerprint density at radius 1 is 1.26 bits per heavy atom. The molecule has 3 aromatic rings. The van der Waals surface area contributed by atoms with Crippen LogP contribution in [0.2, 0.25) is 0 Å². The zero-order valence-corrected chi connectivity index (χ0v) is 17.8. The van der Waals surface area contributed by atoms with Crippen molar-refractivity contribution in [3.8, 4) is 0 Å². The van der Waals surface area contributed by atoms with Gasteiger partial charge in [-0.25, -0.2) is 9.37 Å². The Bertz CT molecular complexity index is 1130. The molecule has 1 unspecified atom stereocenters. The number of halogens is 1. The number of hydrogen-bond donors (Lipinski definition) is 4. The molecular weight excluding hydrogens is 397 g/mol. The summed E-state index contributed by atoms with van der Waals surface area (Å²) in [6.07, 6.45) is 3.83. The van der Waals surface area contributed by atoms with E-state index in [1.54, 1.807) is 0 Å². The number of carbonyl (C=O) groups excluding carboxylic acids is 1. The number of carbonyl (C=O) groups is 1. The third-order valence-electron chi connectivity index (χ3n) is 5.88. The molecule has 2 aromatic heterocycles. The van der Waals surface area contributed by atoms with Gasteiger partial charge in [-0.15, -0.1) is 0 Å². The van der Waals surface area contributed by atoms with Crippen LogP contribution in [0.4, 0.5) is 21.7 Å². The van der Waals surface area contributed by atoms with Gasteiger partial charge in [-0.1, -0.05) is 12.8 Å². The summed E-state index contributed by atoms with van der Waals surface area (Å²) < 4.78 is 16.6. The molecule has 4 rings (SSSR count). The van der Waals surface area contributed by atoms with Gasteiger partial charge in [0.2, 0.25) is 0 Å². The highest BCUT2D eigenvalue weighted by Gasteiger charge is 2.24. The molecule has 1 aliphatic rings. The largest absolute Gasteiger partial charge is 0.365 e. The fourth-order valence-corrected chi connectivity index (χ4v) is 4.18. The number of nitrogens with zero attached hydrogens (tertiary/aromatic N) is 3. The van der Waals surface area contributed by atoms with Gasteiger partial charge in [0.15, 0.2) is 11.6 Å². The Kier molecular flexibility index (Phi) is 5.77. The number of pyridine rings is 1. The predicted octanol–water partition coefficient (Wildman–Crippen LogP) is 3.42. The Labute approximate surface area is 180 Å². The lowest BCUT2D eigenvalue weighted by molar-refractivity contribution is 0.100. The Morgan fingerprint density at radius 2 is 2.03 bits per heavy atom. The molecule has 1 fully saturated rings. The van der Waals surface area contributed by atoms with Crippen molar-refractivity contribution in [1.82, 2.24) is 14.8 Å². The molecule has 0 aliphatic heterocycles. The van der Waals surface area contributed by atoms with Crippen molar-refractivity contribution >= 4 is 34.1 Å². The SMILES string of the molecule is CCn1nc(C)c2cc(Nc3nc(NC4CCCC[C@@H]4N)c(F)cc3C(N)=O)ccc21. The lowest BCUT2D eigenvalue weighted by atomic mass is 9.91. The number of nitrogens with one attached hydrogen (secondary N) is 2. The molecule has 0 radical (unpaired) electrons. The van der Waals surface area contributed by atoms with Crippen LogP contribution in [0, 0.1) is 12.7 Å². The number of aromatic nitrogens is 3. The standard InChI is InChI=1S/C22H28FN7O/c1-3-30-19-9-8-13(10-14(19)12(2)29-30)26-21-15(20(25)31)11-16(23)22(28-21)27-18-7-5-4-6-17(18)24/h8-11,17-18H,3-7,24H2,1-2H3,(H2,25,31)(H2,26,27,28)/t17-,18?/m0/s1. The van der Waals surface area contributed by atoms with E-state index in [0.29, 0.717) is 5.69 Å². The molecule has 0 saturated heterocycles. The van der Waals surface area contributed by atoms with Crippen LogP contribution < -0.4 is 22.1 Å². The van der Waals surface area contributed by atoms with Crippen LogP contribution in [-0.2, 0) is 6.54 Å². The summed E-state index contributed by atoms with van der Waals surface area (Å²) in [6, 6.07) is 6.74. The van der Waals surface area contributed by atoms with Crippen LogP contribution in [-0.4, -0.2) is 32.8 Å². The van der Waals surface area contributed by atoms with Crippen molar-refractivity contribution in [2.24, 2.45) is 11.5 Å². The molecule has 164 valence electrons. The van der Waals surface area contributed by atoms with E-state index in [9.17, 15) is 9.18 Å². The predicted molar refractivity (Wildman–Crippen MR) is 120 cm³/mol. The Morgan fingerprint density at radius 3 is 2.74 bits per heavy atom. The van der Waals surface area contributed by atoms with Crippen molar-refractivity contribution < 1.29 is 9.18 Å². The van der Waals surface area contributed by atoms with Gasteiger partial charge in [0.25, 0.3) is 5.91 Å². The normalized spacial score (nSPS) is 18.8. The van der Waals surface area contributed by atoms with Crippen molar-refractivity contribution in [2.75, 3.05) is 10.6 Å². The van der Waals surface area contributed by atoms with Crippen molar-refractivity contribution in [3.63, 3.8) is 0 Å². The fraction of sp³-hybridized carbons (Fsp3) is 0.409. The Hall–Kier alpha value is -3.20. The highest BCUT2D eigenvalue weighted by atomic mass is 19.1. The minimum absolute atomic E-state index is 0.0166. The second-order valence-electron chi connectivity index (χ2n) is 8.04. The molecule has 8 nitrogen and oxygen atoms in total. The number of hydrogen-bond acceptors (Lipinski definition) is 6. The van der Waals surface area contributed by atoms with Gasteiger partial charge in [-0.2, -0.15) is 5.10 Å². The monoisotopic (exact) mass is 425 g/mol. The molecule has 1 aliphatic carbocycles. The quantitative estimate of drug-likeness (QED) is 0.480. The minimum Gasteiger partial charge on any atom is -0.365 e. The average Bonchev–Trinajstić information content (AvgIpc) is 3.07. The molecule has 2 heterocycles. The lowest BCUT2D eigenvalue weighted by Gasteiger charge is -2.30. The molecule has 0 bridgehead atoms. The third kappa shape index (κ3) is 4.18. The number of benzene rings is 1. The first-order valence-electron chi connectivity index (χ1n) is 10.6. The molecule has 31 heavy (non-hydrogen) atoms. The summed E-state index contributed by atoms with van der Waals surface area (Å²) in [5.41, 5.74) is 14.3. The first-order valence-corrected chi connectivity index (χ1v) is 10.6. The topological polar surface area (TPSA) is 124 Å². The summed E-state index contributed by atoms with van der Waals surface area (Å²) >= 11 is 0. The van der Waals surface area contributed by atoms with Gasteiger partial charge in [0.1, 0.15) is 5.82 Å². The second-order valence-corrected chi connectivity index (χ2v) is 8.04. The molecule has 0 spiro atoms. The number of amides is 1. The number of aryl methyl sites for hydroxylation is 2. The fourth-order valence-electron chi connectivity index (χ4n) is 4.18. The lowest BCUT2D eigenvalue weighted by Crippen LogP contribution is -2.43. The van der Waals surface area contributed by atoms with E-state index in [4.69, 9.17) is 11.5 Å². The first-order chi connectivity index (χ1) is 14.9. The van der Waals surface area contributed by atoms with Crippen LogP contribution in [0.5, 0.6) is 0 Å². The maximum Gasteiger partial charge on any atom is 0.252 e. The van der Waals surface area contributed by atoms with Crippen LogP contribution in [0.1, 0.15) is 48.7 Å². The highest BCUT2D eigenvalue weighted by Crippen LogP contribution is 2.29. The molecule has 2 atom stereocenters. The molecule has 1 amide bonds. The van der Waals surface area contributed by atoms with Crippen LogP contribution in [0.15, 0.2) is 24.3 Å². The maximum atomic E-state index is 14.7. The molecule has 9 heteroatoms. The van der Waals surface area contributed by atoms with Gasteiger partial charge in [0.05, 0.1) is 16.8 Å². The van der Waals surface area contributed by atoms with Crippen LogP contribution in [0.3, 0.4) is 0 Å². The zero-order valence-electron chi connectivity index (χ0n) is 17.8. The number of anilines is 3. The van der Waals surface area contributed by atoms with Gasteiger partial charge < -0.3 is 22.1 Å². The van der Waals surface area contributed by atoms with Crippen molar-refractivity contribution in [1.29, 1.82) is 0 Å². The zero-order chi connectivity index (χ0) is 22.1. The summed E-state index contributed by atoms with van der Waals surface area (Å²) in [7, 11) is 0. The first kappa shape index (κ1) is 21.0. The van der Waals surface area contributed by atoms with E-state index >= 15 is 0 Å². The summed E-state index contributed by atoms with van der Waals surface area (Å²) in [4.78, 5) is 16.3. The summed E-state index contributed by atoms with van der Waals surface area (Å²) in [5.74, 6) is -1.13. The summed E-state index contributed by atoms with van der Waals surface area (Å²) in [5, 5.41) is 11.8. The smallest absolute Gasteiger partial charge is 0.252 e. The number of nitrogens with two attached hydrogens (primary N) is 2. The van der Waals surface area contributed by atoms with Gasteiger partial charge in [0, 0.05) is 29.7 Å². The third-order valence-corrected chi connectivity index (χ3v) is 5.88. The van der Waals surface area contributed by atoms with Crippen molar-refractivity contribution in [2.45, 2.75) is 58.2 Å². The van der Waals surface area contributed by atoms with Gasteiger partial charge in [-0.05, 0) is 51.0 Å². The van der Waals surface area contributed by atoms with E-state index in [2.05, 4.69) is 20.7 Å². The molecule has 1 aromatic carbocycles. The average molecular weight is 426 g/mol. The van der Waals surface area contributed by atoms with Gasteiger partial charge >= 0.3 is 0 Å². The van der Waals surface area contributed by atoms with Crippen molar-refractivity contribution in [3.05, 3.63) is 41.3 Å². The van der Waals surface area contributed by atoms with Gasteiger partial charge in [-0.3, -0.25) is 9.48 Å². The van der Waals surface area contributed by atoms with Crippen LogP contribution in [0.25, 0.3) is 10.9 Å². The van der Waals surface area contributed by atoms with E-state index in [1.165, 1.54) is 0 Å². The molecule has 6 N–H and O–H groups in total. The number of fused-ring (bicyclic) bond motifs is 1. The molecular formula is C22H28FN7O. The number of rotatable bonds is 6. The minimum atomic E-state index is -0.758. The van der Waals surface area contributed by atoms with E-state index in [0.717, 1.165) is 54.9 Å². The maximum absolute atomic E-state index is 14.7.